The Morgan fingerprint density at radius 2 is 1.52 bits per heavy atom. The summed E-state index contributed by atoms with van der Waals surface area (Å²) in [5, 5.41) is 0. The minimum atomic E-state index is -0.0823. The summed E-state index contributed by atoms with van der Waals surface area (Å²) in [5.74, 6) is 0. The van der Waals surface area contributed by atoms with E-state index in [4.69, 9.17) is 4.74 Å². The minimum absolute atomic E-state index is 0.0823. The highest BCUT2D eigenvalue weighted by atomic mass is 16.5. The highest BCUT2D eigenvalue weighted by Crippen LogP contribution is 2.49. The zero-order valence-electron chi connectivity index (χ0n) is 19.4. The number of aryl methyl sites for hydroxylation is 2. The van der Waals surface area contributed by atoms with Gasteiger partial charge in [0.2, 0.25) is 0 Å². The molecule has 0 radical (unpaired) electrons. The van der Waals surface area contributed by atoms with E-state index < -0.39 is 0 Å². The number of unbranched alkanes of at least 4 members (excludes halogenated alkanes) is 4. The van der Waals surface area contributed by atoms with Crippen LogP contribution in [0.2, 0.25) is 0 Å². The van der Waals surface area contributed by atoms with E-state index in [1.165, 1.54) is 81.8 Å². The second kappa shape index (κ2) is 9.67. The van der Waals surface area contributed by atoms with Gasteiger partial charge in [-0.15, -0.1) is 0 Å². The Kier molecular flexibility index (Phi) is 7.46. The van der Waals surface area contributed by atoms with Crippen molar-refractivity contribution in [1.29, 1.82) is 0 Å². The molecule has 0 aromatic heterocycles. The van der Waals surface area contributed by atoms with Gasteiger partial charge in [-0.3, -0.25) is 4.79 Å². The molecule has 2 heteroatoms. The van der Waals surface area contributed by atoms with Crippen molar-refractivity contribution >= 4 is 6.47 Å². The third kappa shape index (κ3) is 6.33. The van der Waals surface area contributed by atoms with Crippen LogP contribution >= 0.6 is 0 Å². The number of hydrogen-bond donors (Lipinski definition) is 0. The summed E-state index contributed by atoms with van der Waals surface area (Å²) in [6.45, 7) is 10.0. The predicted octanol–water partition coefficient (Wildman–Crippen LogP) is 7.32. The maximum atomic E-state index is 10.6. The van der Waals surface area contributed by atoms with E-state index in [0.29, 0.717) is 11.9 Å². The topological polar surface area (TPSA) is 26.3 Å². The van der Waals surface area contributed by atoms with Crippen molar-refractivity contribution in [3.8, 4) is 0 Å². The number of carbonyl (C=O) groups is 1. The average molecular weight is 399 g/mol. The molecule has 2 fully saturated rings. The fourth-order valence-electron chi connectivity index (χ4n) is 4.93. The van der Waals surface area contributed by atoms with Crippen molar-refractivity contribution in [3.05, 3.63) is 33.9 Å². The molecule has 0 amide bonds. The Morgan fingerprint density at radius 1 is 0.862 bits per heavy atom. The molecule has 3 rings (SSSR count). The minimum Gasteiger partial charge on any atom is -0.461 e. The second-order valence-corrected chi connectivity index (χ2v) is 10.4. The summed E-state index contributed by atoms with van der Waals surface area (Å²) in [4.78, 5) is 10.6. The van der Waals surface area contributed by atoms with Gasteiger partial charge >= 0.3 is 0 Å². The molecule has 0 spiro atoms. The molecule has 0 bridgehead atoms. The van der Waals surface area contributed by atoms with E-state index in [0.717, 1.165) is 19.3 Å². The molecule has 29 heavy (non-hydrogen) atoms. The van der Waals surface area contributed by atoms with E-state index in [2.05, 4.69) is 33.8 Å². The van der Waals surface area contributed by atoms with Gasteiger partial charge in [-0.1, -0.05) is 32.3 Å². The van der Waals surface area contributed by atoms with Crippen LogP contribution in [0.5, 0.6) is 0 Å². The van der Waals surface area contributed by atoms with Crippen molar-refractivity contribution in [3.63, 3.8) is 0 Å². The highest BCUT2D eigenvalue weighted by molar-refractivity contribution is 5.44. The van der Waals surface area contributed by atoms with E-state index in [9.17, 15) is 4.79 Å². The molecule has 162 valence electrons. The van der Waals surface area contributed by atoms with E-state index in [-0.39, 0.29) is 5.60 Å². The Hall–Kier alpha value is -1.31. The zero-order chi connectivity index (χ0) is 20.9. The van der Waals surface area contributed by atoms with E-state index in [1.54, 1.807) is 16.7 Å². The van der Waals surface area contributed by atoms with Crippen LogP contribution in [0.1, 0.15) is 112 Å². The van der Waals surface area contributed by atoms with Crippen molar-refractivity contribution in [2.45, 2.75) is 123 Å². The summed E-state index contributed by atoms with van der Waals surface area (Å²) in [7, 11) is 0. The van der Waals surface area contributed by atoms with Gasteiger partial charge in [0.15, 0.2) is 0 Å². The third-order valence-electron chi connectivity index (χ3n) is 7.86. The van der Waals surface area contributed by atoms with Gasteiger partial charge in [0, 0.05) is 0 Å². The lowest BCUT2D eigenvalue weighted by Crippen LogP contribution is -2.12. The first-order valence-electron chi connectivity index (χ1n) is 12.1. The van der Waals surface area contributed by atoms with Crippen LogP contribution in [0.3, 0.4) is 0 Å². The molecule has 0 N–H and O–H groups in total. The largest absolute Gasteiger partial charge is 0.461 e. The molecule has 0 unspecified atom stereocenters. The number of rotatable bonds is 14. The zero-order valence-corrected chi connectivity index (χ0v) is 19.4. The molecular weight excluding hydrogens is 356 g/mol. The van der Waals surface area contributed by atoms with Gasteiger partial charge in [-0.25, -0.2) is 0 Å². The smallest absolute Gasteiger partial charge is 0.293 e. The lowest BCUT2D eigenvalue weighted by Gasteiger charge is -2.18. The summed E-state index contributed by atoms with van der Waals surface area (Å²) >= 11 is 0. The highest BCUT2D eigenvalue weighted by Gasteiger charge is 2.44. The number of hydrogen-bond acceptors (Lipinski definition) is 2. The van der Waals surface area contributed by atoms with Gasteiger partial charge in [-0.2, -0.15) is 0 Å². The molecule has 1 aromatic carbocycles. The number of carbonyl (C=O) groups excluding carboxylic acids is 1. The van der Waals surface area contributed by atoms with Crippen molar-refractivity contribution in [2.24, 2.45) is 5.41 Å². The average Bonchev–Trinajstić information content (AvgIpc) is 3.61. The van der Waals surface area contributed by atoms with Crippen LogP contribution < -0.4 is 0 Å². The second-order valence-electron chi connectivity index (χ2n) is 10.4. The summed E-state index contributed by atoms with van der Waals surface area (Å²) < 4.78 is 5.27. The predicted molar refractivity (Wildman–Crippen MR) is 121 cm³/mol. The van der Waals surface area contributed by atoms with Crippen molar-refractivity contribution in [1.82, 2.24) is 0 Å². The van der Waals surface area contributed by atoms with Crippen LogP contribution in [0, 0.1) is 26.2 Å². The maximum Gasteiger partial charge on any atom is 0.293 e. The molecule has 2 aliphatic rings. The molecule has 0 aliphatic heterocycles. The van der Waals surface area contributed by atoms with Crippen LogP contribution in [-0.2, 0) is 22.4 Å². The molecule has 0 saturated heterocycles. The van der Waals surface area contributed by atoms with Crippen LogP contribution in [0.25, 0.3) is 0 Å². The molecule has 2 saturated carbocycles. The third-order valence-corrected chi connectivity index (χ3v) is 7.86. The standard InChI is InChI=1S/C27H42O2/c1-21-19-24(11-7-5-9-13-26(4)15-16-26)23(3)25(22(21)2)12-8-6-10-14-27(17-18-27)29-20-28/h19-20H,5-18H2,1-4H3. The fourth-order valence-corrected chi connectivity index (χ4v) is 4.93. The molecule has 1 aromatic rings. The van der Waals surface area contributed by atoms with Crippen LogP contribution in [0.4, 0.5) is 0 Å². The first-order chi connectivity index (χ1) is 13.9. The summed E-state index contributed by atoms with van der Waals surface area (Å²) in [6, 6.07) is 2.45. The molecule has 2 aliphatic carbocycles. The Bertz CT molecular complexity index is 695. The van der Waals surface area contributed by atoms with Gasteiger partial charge in [0.25, 0.3) is 6.47 Å². The van der Waals surface area contributed by atoms with Crippen molar-refractivity contribution < 1.29 is 9.53 Å². The quantitative estimate of drug-likeness (QED) is 0.242. The lowest BCUT2D eigenvalue weighted by atomic mass is 9.88. The summed E-state index contributed by atoms with van der Waals surface area (Å²) in [6.07, 6.45) is 17.7. The van der Waals surface area contributed by atoms with Crippen LogP contribution in [-0.4, -0.2) is 12.1 Å². The van der Waals surface area contributed by atoms with Gasteiger partial charge in [-0.05, 0) is 125 Å². The van der Waals surface area contributed by atoms with E-state index >= 15 is 0 Å². The lowest BCUT2D eigenvalue weighted by molar-refractivity contribution is -0.135. The molecule has 0 heterocycles. The molecule has 2 nitrogen and oxygen atoms in total. The number of benzene rings is 1. The first kappa shape index (κ1) is 22.4. The van der Waals surface area contributed by atoms with E-state index in [1.807, 2.05) is 0 Å². The fraction of sp³-hybridized carbons (Fsp3) is 0.741. The SMILES string of the molecule is Cc1cc(CCCCCC2(C)CC2)c(C)c(CCCCCC2(OC=O)CC2)c1C. The van der Waals surface area contributed by atoms with Gasteiger partial charge in [0.1, 0.15) is 5.60 Å². The maximum absolute atomic E-state index is 10.6. The molecular formula is C27H42O2. The van der Waals surface area contributed by atoms with Crippen LogP contribution in [0.15, 0.2) is 6.07 Å². The van der Waals surface area contributed by atoms with Gasteiger partial charge < -0.3 is 4.74 Å². The Labute approximate surface area is 178 Å². The van der Waals surface area contributed by atoms with Gasteiger partial charge in [0.05, 0.1) is 0 Å². The number of ether oxygens (including phenoxy) is 1. The Morgan fingerprint density at radius 3 is 2.14 bits per heavy atom. The summed E-state index contributed by atoms with van der Waals surface area (Å²) in [5.41, 5.74) is 8.31. The Balaban J connectivity index is 1.44. The monoisotopic (exact) mass is 398 g/mol. The first-order valence-corrected chi connectivity index (χ1v) is 12.1. The normalized spacial score (nSPS) is 18.5. The molecule has 0 atom stereocenters. The van der Waals surface area contributed by atoms with Crippen molar-refractivity contribution in [2.75, 3.05) is 0 Å².